The van der Waals surface area contributed by atoms with Crippen molar-refractivity contribution in [2.45, 2.75) is 133 Å². The number of halogens is 1. The van der Waals surface area contributed by atoms with Crippen LogP contribution in [0.2, 0.25) is 0 Å². The number of hydrogen-bond donors (Lipinski definition) is 1. The first-order valence-corrected chi connectivity index (χ1v) is 14.2. The maximum atomic E-state index is 6.82. The summed E-state index contributed by atoms with van der Waals surface area (Å²) in [5.74, 6) is 2.98. The fourth-order valence-electron chi connectivity index (χ4n) is 8.52. The van der Waals surface area contributed by atoms with Crippen molar-refractivity contribution < 1.29 is 4.74 Å². The van der Waals surface area contributed by atoms with Gasteiger partial charge in [-0.15, -0.1) is 11.6 Å². The van der Waals surface area contributed by atoms with Gasteiger partial charge in [-0.2, -0.15) is 0 Å². The SMILES string of the molecule is C=C1C2OC3CCCCC3C2CCCC2C(NC3CCCCC3Cl)CCCC2C1(C)C. The highest BCUT2D eigenvalue weighted by atomic mass is 35.5. The standard InChI is InChI=1S/C28H46ClNO/c1-18-27-20(19-10-4-7-17-26(19)31-27)11-8-12-21-22(28(18,2)3)13-9-16-24(21)30-25-15-6-5-14-23(25)29/h19-27,30H,1,4-17H2,2-3H3. The first-order chi connectivity index (χ1) is 15.0. The molecule has 1 saturated heterocycles. The Balaban J connectivity index is 1.37. The minimum absolute atomic E-state index is 0.151. The number of nitrogens with one attached hydrogen (secondary N) is 1. The van der Waals surface area contributed by atoms with Crippen LogP contribution in [0.25, 0.3) is 0 Å². The van der Waals surface area contributed by atoms with Crippen molar-refractivity contribution in [3.8, 4) is 0 Å². The summed E-state index contributed by atoms with van der Waals surface area (Å²) < 4.78 is 6.82. The molecule has 0 aromatic rings. The summed E-state index contributed by atoms with van der Waals surface area (Å²) in [6, 6.07) is 1.15. The maximum absolute atomic E-state index is 6.82. The normalized spacial score (nSPS) is 48.0. The molecule has 31 heavy (non-hydrogen) atoms. The van der Waals surface area contributed by atoms with E-state index < -0.39 is 0 Å². The molecule has 9 unspecified atom stereocenters. The van der Waals surface area contributed by atoms with Crippen molar-refractivity contribution in [1.29, 1.82) is 0 Å². The molecular weight excluding hydrogens is 402 g/mol. The number of alkyl halides is 1. The molecule has 0 aromatic heterocycles. The van der Waals surface area contributed by atoms with Crippen LogP contribution in [0.15, 0.2) is 12.2 Å². The minimum atomic E-state index is 0.151. The number of rotatable bonds is 2. The predicted molar refractivity (Wildman–Crippen MR) is 131 cm³/mol. The van der Waals surface area contributed by atoms with E-state index in [2.05, 4.69) is 19.2 Å². The van der Waals surface area contributed by atoms with E-state index in [1.165, 1.54) is 95.5 Å². The Bertz CT molecular complexity index is 647. The summed E-state index contributed by atoms with van der Waals surface area (Å²) in [5, 5.41) is 4.45. The van der Waals surface area contributed by atoms with E-state index in [4.69, 9.17) is 22.9 Å². The number of fused-ring (bicyclic) bond motifs is 4. The van der Waals surface area contributed by atoms with Crippen LogP contribution in [-0.4, -0.2) is 29.7 Å². The molecule has 0 amide bonds. The largest absolute Gasteiger partial charge is 0.370 e. The Hall–Kier alpha value is -0.0500. The van der Waals surface area contributed by atoms with Crippen molar-refractivity contribution in [2.75, 3.05) is 0 Å². The van der Waals surface area contributed by atoms with Gasteiger partial charge in [0, 0.05) is 17.5 Å². The summed E-state index contributed by atoms with van der Waals surface area (Å²) >= 11 is 6.78. The van der Waals surface area contributed by atoms with Crippen molar-refractivity contribution in [3.05, 3.63) is 12.2 Å². The van der Waals surface area contributed by atoms with E-state index in [-0.39, 0.29) is 5.41 Å². The number of hydrogen-bond acceptors (Lipinski definition) is 2. The number of ether oxygens (including phenoxy) is 1. The molecule has 1 aliphatic heterocycles. The van der Waals surface area contributed by atoms with Gasteiger partial charge < -0.3 is 10.1 Å². The van der Waals surface area contributed by atoms with Crippen LogP contribution in [0, 0.1) is 29.1 Å². The first-order valence-electron chi connectivity index (χ1n) is 13.7. The van der Waals surface area contributed by atoms with Gasteiger partial charge in [-0.25, -0.2) is 0 Å². The van der Waals surface area contributed by atoms with Crippen LogP contribution in [0.3, 0.4) is 0 Å². The zero-order valence-electron chi connectivity index (χ0n) is 20.1. The van der Waals surface area contributed by atoms with E-state index in [9.17, 15) is 0 Å². The maximum Gasteiger partial charge on any atom is 0.0823 e. The van der Waals surface area contributed by atoms with Gasteiger partial charge in [0.1, 0.15) is 0 Å². The zero-order chi connectivity index (χ0) is 21.6. The van der Waals surface area contributed by atoms with Crippen LogP contribution >= 0.6 is 11.6 Å². The third-order valence-corrected chi connectivity index (χ3v) is 10.9. The predicted octanol–water partition coefficient (Wildman–Crippen LogP) is 7.25. The molecule has 5 fully saturated rings. The molecule has 5 rings (SSSR count). The van der Waals surface area contributed by atoms with Crippen LogP contribution in [-0.2, 0) is 4.74 Å². The monoisotopic (exact) mass is 447 g/mol. The second-order valence-electron chi connectivity index (χ2n) is 12.3. The lowest BCUT2D eigenvalue weighted by molar-refractivity contribution is 0.0106. The van der Waals surface area contributed by atoms with Gasteiger partial charge in [-0.1, -0.05) is 59.0 Å². The highest BCUT2D eigenvalue weighted by Gasteiger charge is 2.52. The molecule has 0 aromatic carbocycles. The minimum Gasteiger partial charge on any atom is -0.370 e. The Labute approximate surface area is 196 Å². The van der Waals surface area contributed by atoms with E-state index >= 15 is 0 Å². The van der Waals surface area contributed by atoms with E-state index in [0.29, 0.717) is 41.5 Å². The Morgan fingerprint density at radius 2 is 1.42 bits per heavy atom. The molecule has 1 heterocycles. The molecule has 5 aliphatic rings. The lowest BCUT2D eigenvalue weighted by atomic mass is 9.59. The molecule has 176 valence electrons. The topological polar surface area (TPSA) is 21.3 Å². The van der Waals surface area contributed by atoms with Gasteiger partial charge >= 0.3 is 0 Å². The van der Waals surface area contributed by atoms with Gasteiger partial charge in [0.15, 0.2) is 0 Å². The molecule has 9 atom stereocenters. The molecule has 4 saturated carbocycles. The Kier molecular flexibility index (Phi) is 6.82. The van der Waals surface area contributed by atoms with Crippen LogP contribution in [0.5, 0.6) is 0 Å². The van der Waals surface area contributed by atoms with Gasteiger partial charge in [-0.05, 0) is 86.0 Å². The van der Waals surface area contributed by atoms with E-state index in [1.54, 1.807) is 0 Å². The molecule has 2 nitrogen and oxygen atoms in total. The van der Waals surface area contributed by atoms with Crippen molar-refractivity contribution in [1.82, 2.24) is 5.32 Å². The van der Waals surface area contributed by atoms with Crippen LogP contribution < -0.4 is 5.32 Å². The quantitative estimate of drug-likeness (QED) is 0.355. The second kappa shape index (κ2) is 9.30. The van der Waals surface area contributed by atoms with Crippen molar-refractivity contribution in [2.24, 2.45) is 29.1 Å². The zero-order valence-corrected chi connectivity index (χ0v) is 20.8. The molecule has 0 bridgehead atoms. The lowest BCUT2D eigenvalue weighted by Gasteiger charge is -2.49. The van der Waals surface area contributed by atoms with Crippen LogP contribution in [0.1, 0.15) is 104 Å². The second-order valence-corrected chi connectivity index (χ2v) is 12.8. The highest BCUT2D eigenvalue weighted by molar-refractivity contribution is 6.21. The van der Waals surface area contributed by atoms with Gasteiger partial charge in [0.2, 0.25) is 0 Å². The van der Waals surface area contributed by atoms with Crippen molar-refractivity contribution >= 4 is 11.6 Å². The van der Waals surface area contributed by atoms with Crippen LogP contribution in [0.4, 0.5) is 0 Å². The molecule has 3 heteroatoms. The van der Waals surface area contributed by atoms with Crippen molar-refractivity contribution in [3.63, 3.8) is 0 Å². The smallest absolute Gasteiger partial charge is 0.0823 e. The third kappa shape index (κ3) is 4.28. The fourth-order valence-corrected chi connectivity index (χ4v) is 8.87. The summed E-state index contributed by atoms with van der Waals surface area (Å²) in [4.78, 5) is 0. The molecule has 0 spiro atoms. The fraction of sp³-hybridized carbons (Fsp3) is 0.929. The van der Waals surface area contributed by atoms with Gasteiger partial charge in [-0.3, -0.25) is 0 Å². The lowest BCUT2D eigenvalue weighted by Crippen LogP contribution is -2.53. The molecule has 1 N–H and O–H groups in total. The first kappa shape index (κ1) is 22.7. The Morgan fingerprint density at radius 1 is 0.774 bits per heavy atom. The average Bonchev–Trinajstić information content (AvgIpc) is 3.14. The molecule has 4 aliphatic carbocycles. The average molecular weight is 448 g/mol. The summed E-state index contributed by atoms with van der Waals surface area (Å²) in [6.07, 6.45) is 19.5. The summed E-state index contributed by atoms with van der Waals surface area (Å²) in [6.45, 7) is 9.80. The van der Waals surface area contributed by atoms with Gasteiger partial charge in [0.05, 0.1) is 12.2 Å². The molecule has 0 radical (unpaired) electrons. The summed E-state index contributed by atoms with van der Waals surface area (Å²) in [5.41, 5.74) is 1.58. The Morgan fingerprint density at radius 3 is 2.26 bits per heavy atom. The molecular formula is C28H46ClNO. The summed E-state index contributed by atoms with van der Waals surface area (Å²) in [7, 11) is 0. The van der Waals surface area contributed by atoms with E-state index in [1.807, 2.05) is 0 Å². The highest BCUT2D eigenvalue weighted by Crippen LogP contribution is 2.55. The van der Waals surface area contributed by atoms with E-state index in [0.717, 1.165) is 11.8 Å². The third-order valence-electron chi connectivity index (χ3n) is 10.4. The van der Waals surface area contributed by atoms with Gasteiger partial charge in [0.25, 0.3) is 0 Å².